The first kappa shape index (κ1) is 18.9. The number of hydrogen-bond donors (Lipinski definition) is 1. The lowest BCUT2D eigenvalue weighted by atomic mass is 10.1. The van der Waals surface area contributed by atoms with E-state index in [2.05, 4.69) is 33.8 Å². The van der Waals surface area contributed by atoms with Crippen LogP contribution in [0, 0.1) is 6.92 Å². The number of amides is 1. The summed E-state index contributed by atoms with van der Waals surface area (Å²) in [5.41, 5.74) is 4.74. The molecule has 146 valence electrons. The van der Waals surface area contributed by atoms with Crippen molar-refractivity contribution in [3.05, 3.63) is 58.7 Å². The van der Waals surface area contributed by atoms with Crippen LogP contribution in [0.25, 0.3) is 10.9 Å². The van der Waals surface area contributed by atoms with Gasteiger partial charge < -0.3 is 14.8 Å². The highest BCUT2D eigenvalue weighted by Gasteiger charge is 2.20. The van der Waals surface area contributed by atoms with Crippen LogP contribution < -0.4 is 10.2 Å². The van der Waals surface area contributed by atoms with Crippen molar-refractivity contribution in [2.75, 3.05) is 23.3 Å². The molecule has 1 N–H and O–H groups in total. The molecule has 0 aliphatic carbocycles. The Morgan fingerprint density at radius 1 is 1.07 bits per heavy atom. The summed E-state index contributed by atoms with van der Waals surface area (Å²) in [7, 11) is 0. The highest BCUT2D eigenvalue weighted by Crippen LogP contribution is 2.29. The Kier molecular flexibility index (Phi) is 5.31. The van der Waals surface area contributed by atoms with Crippen LogP contribution in [-0.2, 0) is 6.54 Å². The van der Waals surface area contributed by atoms with E-state index in [1.807, 2.05) is 37.3 Å². The van der Waals surface area contributed by atoms with Gasteiger partial charge >= 0.3 is 0 Å². The molecule has 1 fully saturated rings. The number of halogens is 1. The molecule has 0 radical (unpaired) electrons. The molecule has 28 heavy (non-hydrogen) atoms. The fourth-order valence-corrected chi connectivity index (χ4v) is 4.39. The summed E-state index contributed by atoms with van der Waals surface area (Å²) in [4.78, 5) is 15.5. The first-order chi connectivity index (χ1) is 13.6. The van der Waals surface area contributed by atoms with E-state index in [1.54, 1.807) is 0 Å². The van der Waals surface area contributed by atoms with Crippen LogP contribution in [0.3, 0.4) is 0 Å². The topological polar surface area (TPSA) is 37.3 Å². The maximum Gasteiger partial charge on any atom is 0.272 e. The van der Waals surface area contributed by atoms with E-state index in [0.717, 1.165) is 41.8 Å². The second-order valence-corrected chi connectivity index (χ2v) is 7.86. The fourth-order valence-electron chi connectivity index (χ4n) is 4.21. The normalized spacial score (nSPS) is 14.5. The number of anilines is 2. The van der Waals surface area contributed by atoms with Crippen molar-refractivity contribution in [2.45, 2.75) is 39.7 Å². The Morgan fingerprint density at radius 3 is 2.46 bits per heavy atom. The number of aryl methyl sites for hydroxylation is 2. The van der Waals surface area contributed by atoms with Gasteiger partial charge in [0.25, 0.3) is 5.91 Å². The molecular formula is C23H26ClN3O. The second-order valence-electron chi connectivity index (χ2n) is 7.43. The Morgan fingerprint density at radius 2 is 1.79 bits per heavy atom. The Hall–Kier alpha value is -2.46. The second kappa shape index (κ2) is 7.88. The van der Waals surface area contributed by atoms with Crippen molar-refractivity contribution in [1.29, 1.82) is 0 Å². The molecular weight excluding hydrogens is 370 g/mol. The molecule has 0 atom stereocenters. The number of aromatic nitrogens is 1. The monoisotopic (exact) mass is 395 g/mol. The predicted octanol–water partition coefficient (Wildman–Crippen LogP) is 5.87. The van der Waals surface area contributed by atoms with E-state index in [9.17, 15) is 4.79 Å². The molecule has 4 nitrogen and oxygen atoms in total. The third-order valence-corrected chi connectivity index (χ3v) is 5.89. The molecule has 0 unspecified atom stereocenters. The summed E-state index contributed by atoms with van der Waals surface area (Å²) in [5.74, 6) is -0.0857. The van der Waals surface area contributed by atoms with Crippen molar-refractivity contribution in [2.24, 2.45) is 0 Å². The molecule has 2 heterocycles. The van der Waals surface area contributed by atoms with Crippen LogP contribution in [0.15, 0.2) is 42.5 Å². The zero-order valence-corrected chi connectivity index (χ0v) is 17.2. The first-order valence-corrected chi connectivity index (χ1v) is 10.4. The Bertz CT molecular complexity index is 1000. The van der Waals surface area contributed by atoms with Gasteiger partial charge in [-0.2, -0.15) is 0 Å². The third-order valence-electron chi connectivity index (χ3n) is 5.66. The fraction of sp³-hybridized carbons (Fsp3) is 0.348. The lowest BCUT2D eigenvalue weighted by Gasteiger charge is -2.28. The number of rotatable bonds is 4. The van der Waals surface area contributed by atoms with Gasteiger partial charge in [-0.25, -0.2) is 0 Å². The molecule has 2 aromatic carbocycles. The van der Waals surface area contributed by atoms with E-state index in [4.69, 9.17) is 11.6 Å². The lowest BCUT2D eigenvalue weighted by molar-refractivity contribution is 0.101. The molecule has 1 aromatic heterocycles. The van der Waals surface area contributed by atoms with Gasteiger partial charge in [-0.3, -0.25) is 4.79 Å². The maximum atomic E-state index is 13.1. The Balaban J connectivity index is 1.59. The van der Waals surface area contributed by atoms with Crippen LogP contribution >= 0.6 is 11.6 Å². The zero-order chi connectivity index (χ0) is 19.7. The van der Waals surface area contributed by atoms with Crippen molar-refractivity contribution in [1.82, 2.24) is 4.57 Å². The molecule has 4 rings (SSSR count). The average Bonchev–Trinajstić information content (AvgIpc) is 3.00. The largest absolute Gasteiger partial charge is 0.372 e. The molecule has 0 bridgehead atoms. The summed E-state index contributed by atoms with van der Waals surface area (Å²) < 4.78 is 2.05. The van der Waals surface area contributed by atoms with Gasteiger partial charge in [0.1, 0.15) is 5.69 Å². The lowest BCUT2D eigenvalue weighted by Crippen LogP contribution is -2.29. The van der Waals surface area contributed by atoms with E-state index in [1.165, 1.54) is 24.9 Å². The van der Waals surface area contributed by atoms with Crippen LogP contribution in [0.1, 0.15) is 42.2 Å². The van der Waals surface area contributed by atoms with E-state index in [-0.39, 0.29) is 5.91 Å². The van der Waals surface area contributed by atoms with Gasteiger partial charge in [0.05, 0.1) is 0 Å². The smallest absolute Gasteiger partial charge is 0.272 e. The first-order valence-electron chi connectivity index (χ1n) is 10.0. The molecule has 1 aliphatic heterocycles. The molecule has 3 aromatic rings. The predicted molar refractivity (Wildman–Crippen MR) is 118 cm³/mol. The minimum atomic E-state index is -0.0857. The van der Waals surface area contributed by atoms with Crippen LogP contribution in [-0.4, -0.2) is 23.6 Å². The summed E-state index contributed by atoms with van der Waals surface area (Å²) in [6.45, 7) is 6.99. The van der Waals surface area contributed by atoms with Crippen LogP contribution in [0.2, 0.25) is 5.02 Å². The standard InChI is InChI=1S/C23H26ClN3O/c1-3-27-21-12-7-17(24)15-20(21)16(2)22(27)23(28)25-18-8-10-19(11-9-18)26-13-5-4-6-14-26/h7-12,15H,3-6,13-14H2,1-2H3,(H,25,28). The van der Waals surface area contributed by atoms with Gasteiger partial charge in [-0.15, -0.1) is 0 Å². The Labute approximate surface area is 171 Å². The number of fused-ring (bicyclic) bond motifs is 1. The zero-order valence-electron chi connectivity index (χ0n) is 16.5. The maximum absolute atomic E-state index is 13.1. The summed E-state index contributed by atoms with van der Waals surface area (Å²) >= 11 is 6.17. The number of carbonyl (C=O) groups excluding carboxylic acids is 1. The van der Waals surface area contributed by atoms with Crippen molar-refractivity contribution in [3.63, 3.8) is 0 Å². The van der Waals surface area contributed by atoms with Gasteiger partial charge in [0.15, 0.2) is 0 Å². The summed E-state index contributed by atoms with van der Waals surface area (Å²) in [6, 6.07) is 14.0. The van der Waals surface area contributed by atoms with Crippen molar-refractivity contribution in [3.8, 4) is 0 Å². The minimum Gasteiger partial charge on any atom is -0.372 e. The minimum absolute atomic E-state index is 0.0857. The molecule has 1 aliphatic rings. The molecule has 1 amide bonds. The molecule has 1 saturated heterocycles. The van der Waals surface area contributed by atoms with Crippen molar-refractivity contribution >= 4 is 39.8 Å². The number of carbonyl (C=O) groups is 1. The highest BCUT2D eigenvalue weighted by molar-refractivity contribution is 6.31. The van der Waals surface area contributed by atoms with E-state index >= 15 is 0 Å². The van der Waals surface area contributed by atoms with Gasteiger partial charge in [0.2, 0.25) is 0 Å². The number of piperidine rings is 1. The van der Waals surface area contributed by atoms with Gasteiger partial charge in [-0.05, 0) is 81.1 Å². The number of nitrogens with zero attached hydrogens (tertiary/aromatic N) is 2. The number of benzene rings is 2. The summed E-state index contributed by atoms with van der Waals surface area (Å²) in [6.07, 6.45) is 3.83. The van der Waals surface area contributed by atoms with E-state index in [0.29, 0.717) is 10.7 Å². The van der Waals surface area contributed by atoms with Crippen LogP contribution in [0.5, 0.6) is 0 Å². The molecule has 0 saturated carbocycles. The average molecular weight is 396 g/mol. The van der Waals surface area contributed by atoms with Crippen molar-refractivity contribution < 1.29 is 4.79 Å². The number of nitrogens with one attached hydrogen (secondary N) is 1. The van der Waals surface area contributed by atoms with Crippen LogP contribution in [0.4, 0.5) is 11.4 Å². The van der Waals surface area contributed by atoms with Gasteiger partial charge in [0, 0.05) is 46.9 Å². The molecule has 0 spiro atoms. The molecule has 5 heteroatoms. The van der Waals surface area contributed by atoms with E-state index < -0.39 is 0 Å². The van der Waals surface area contributed by atoms with Gasteiger partial charge in [-0.1, -0.05) is 11.6 Å². The SMILES string of the molecule is CCn1c(C(=O)Nc2ccc(N3CCCCC3)cc2)c(C)c2cc(Cl)ccc21. The quantitative estimate of drug-likeness (QED) is 0.600. The summed E-state index contributed by atoms with van der Waals surface area (Å²) in [5, 5.41) is 4.78. The number of hydrogen-bond acceptors (Lipinski definition) is 2. The third kappa shape index (κ3) is 3.49. The highest BCUT2D eigenvalue weighted by atomic mass is 35.5.